The largest absolute Gasteiger partial charge is 0.481 e. The van der Waals surface area contributed by atoms with E-state index in [9.17, 15) is 14.0 Å². The summed E-state index contributed by atoms with van der Waals surface area (Å²) in [6.45, 7) is 0.612. The average molecular weight is 318 g/mol. The number of likely N-dealkylation sites (tertiary alicyclic amines) is 1. The molecule has 0 saturated carbocycles. The number of carbonyl (C=O) groups is 2. The summed E-state index contributed by atoms with van der Waals surface area (Å²) in [6, 6.07) is 6.16. The van der Waals surface area contributed by atoms with Gasteiger partial charge in [0.05, 0.1) is 0 Å². The lowest BCUT2D eigenvalue weighted by Crippen LogP contribution is -2.44. The van der Waals surface area contributed by atoms with Gasteiger partial charge in [0, 0.05) is 29.9 Å². The van der Waals surface area contributed by atoms with Crippen LogP contribution in [-0.2, 0) is 4.79 Å². The number of halogens is 1. The van der Waals surface area contributed by atoms with Crippen LogP contribution in [0.5, 0.6) is 0 Å². The predicted octanol–water partition coefficient (Wildman–Crippen LogP) is 3.17. The van der Waals surface area contributed by atoms with Gasteiger partial charge in [-0.25, -0.2) is 4.39 Å². The first-order valence-corrected chi connectivity index (χ1v) is 7.86. The van der Waals surface area contributed by atoms with E-state index in [0.717, 1.165) is 19.3 Å². The van der Waals surface area contributed by atoms with Gasteiger partial charge in [-0.15, -0.1) is 0 Å². The first-order chi connectivity index (χ1) is 11.1. The molecule has 23 heavy (non-hydrogen) atoms. The van der Waals surface area contributed by atoms with Gasteiger partial charge in [-0.3, -0.25) is 9.59 Å². The van der Waals surface area contributed by atoms with Crippen LogP contribution in [-0.4, -0.2) is 39.5 Å². The summed E-state index contributed by atoms with van der Waals surface area (Å²) in [6.07, 6.45) is 3.22. The number of aromatic nitrogens is 1. The van der Waals surface area contributed by atoms with Crippen molar-refractivity contribution in [2.45, 2.75) is 38.1 Å². The van der Waals surface area contributed by atoms with Gasteiger partial charge in [0.15, 0.2) is 0 Å². The molecule has 1 saturated heterocycles. The van der Waals surface area contributed by atoms with Crippen molar-refractivity contribution in [3.05, 3.63) is 35.8 Å². The van der Waals surface area contributed by atoms with Gasteiger partial charge in [0.25, 0.3) is 5.91 Å². The summed E-state index contributed by atoms with van der Waals surface area (Å²) >= 11 is 0. The number of nitrogens with one attached hydrogen (secondary N) is 1. The molecule has 0 unspecified atom stereocenters. The van der Waals surface area contributed by atoms with E-state index in [1.165, 1.54) is 12.1 Å². The second-order valence-electron chi connectivity index (χ2n) is 5.96. The summed E-state index contributed by atoms with van der Waals surface area (Å²) in [4.78, 5) is 28.3. The quantitative estimate of drug-likeness (QED) is 0.909. The zero-order chi connectivity index (χ0) is 16.4. The number of nitrogens with zero attached hydrogens (tertiary/aromatic N) is 1. The first-order valence-electron chi connectivity index (χ1n) is 7.86. The summed E-state index contributed by atoms with van der Waals surface area (Å²) in [5.41, 5.74) is 0.944. The van der Waals surface area contributed by atoms with Gasteiger partial charge < -0.3 is 15.0 Å². The number of carboxylic acid groups (broad SMARTS) is 1. The number of piperidine rings is 1. The Balaban J connectivity index is 1.83. The topological polar surface area (TPSA) is 73.4 Å². The number of hydrogen-bond acceptors (Lipinski definition) is 2. The maximum atomic E-state index is 13.8. The molecular weight excluding hydrogens is 299 g/mol. The molecule has 0 radical (unpaired) electrons. The van der Waals surface area contributed by atoms with E-state index in [4.69, 9.17) is 5.11 Å². The number of H-pyrrole nitrogens is 1. The van der Waals surface area contributed by atoms with Crippen LogP contribution in [0.25, 0.3) is 10.9 Å². The number of rotatable bonds is 4. The van der Waals surface area contributed by atoms with Crippen molar-refractivity contribution in [3.8, 4) is 0 Å². The maximum Gasteiger partial charge on any atom is 0.303 e. The fourth-order valence-corrected chi connectivity index (χ4v) is 3.25. The number of aromatic amines is 1. The van der Waals surface area contributed by atoms with Gasteiger partial charge in [-0.05, 0) is 43.9 Å². The second kappa shape index (κ2) is 6.40. The average Bonchev–Trinajstić information content (AvgIpc) is 2.98. The van der Waals surface area contributed by atoms with E-state index in [1.54, 1.807) is 17.0 Å². The van der Waals surface area contributed by atoms with Gasteiger partial charge in [-0.2, -0.15) is 0 Å². The highest BCUT2D eigenvalue weighted by Crippen LogP contribution is 2.25. The molecule has 1 amide bonds. The van der Waals surface area contributed by atoms with E-state index in [2.05, 4.69) is 4.98 Å². The molecule has 0 spiro atoms. The van der Waals surface area contributed by atoms with Crippen molar-refractivity contribution in [2.24, 2.45) is 0 Å². The van der Waals surface area contributed by atoms with Gasteiger partial charge in [0.2, 0.25) is 0 Å². The number of carboxylic acids is 1. The second-order valence-corrected chi connectivity index (χ2v) is 5.96. The molecule has 3 rings (SSSR count). The van der Waals surface area contributed by atoms with Crippen LogP contribution in [0.2, 0.25) is 0 Å². The molecule has 1 aliphatic heterocycles. The van der Waals surface area contributed by atoms with Crippen LogP contribution in [0.15, 0.2) is 24.3 Å². The molecule has 2 heterocycles. The highest BCUT2D eigenvalue weighted by molar-refractivity contribution is 5.98. The molecule has 1 aromatic carbocycles. The molecule has 6 heteroatoms. The highest BCUT2D eigenvalue weighted by Gasteiger charge is 2.28. The van der Waals surface area contributed by atoms with Crippen molar-refractivity contribution in [2.75, 3.05) is 6.54 Å². The lowest BCUT2D eigenvalue weighted by atomic mass is 9.97. The monoisotopic (exact) mass is 318 g/mol. The number of hydrogen-bond donors (Lipinski definition) is 2. The Hall–Kier alpha value is -2.37. The fraction of sp³-hybridized carbons (Fsp3) is 0.412. The summed E-state index contributed by atoms with van der Waals surface area (Å²) in [7, 11) is 0. The summed E-state index contributed by atoms with van der Waals surface area (Å²) in [5, 5.41) is 9.26. The third kappa shape index (κ3) is 3.21. The zero-order valence-electron chi connectivity index (χ0n) is 12.7. The minimum absolute atomic E-state index is 0.0514. The van der Waals surface area contributed by atoms with E-state index in [-0.39, 0.29) is 24.2 Å². The Bertz CT molecular complexity index is 741. The molecule has 1 atom stereocenters. The number of aliphatic carboxylic acids is 1. The summed E-state index contributed by atoms with van der Waals surface area (Å²) in [5.74, 6) is -1.40. The smallest absolute Gasteiger partial charge is 0.303 e. The minimum Gasteiger partial charge on any atom is -0.481 e. The van der Waals surface area contributed by atoms with Crippen molar-refractivity contribution in [3.63, 3.8) is 0 Å². The summed E-state index contributed by atoms with van der Waals surface area (Å²) < 4.78 is 13.8. The van der Waals surface area contributed by atoms with Crippen LogP contribution in [0.4, 0.5) is 4.39 Å². The maximum absolute atomic E-state index is 13.8. The van der Waals surface area contributed by atoms with E-state index < -0.39 is 5.97 Å². The molecule has 122 valence electrons. The van der Waals surface area contributed by atoms with Crippen molar-refractivity contribution >= 4 is 22.8 Å². The van der Waals surface area contributed by atoms with Crippen LogP contribution in [0.3, 0.4) is 0 Å². The number of carbonyl (C=O) groups excluding carboxylic acids is 1. The molecule has 0 aliphatic carbocycles. The third-order valence-electron chi connectivity index (χ3n) is 4.42. The Morgan fingerprint density at radius 2 is 2.17 bits per heavy atom. The van der Waals surface area contributed by atoms with Crippen LogP contribution in [0.1, 0.15) is 42.6 Å². The molecule has 2 aromatic rings. The molecule has 5 nitrogen and oxygen atoms in total. The molecule has 0 bridgehead atoms. The van der Waals surface area contributed by atoms with E-state index in [0.29, 0.717) is 29.6 Å². The van der Waals surface area contributed by atoms with Gasteiger partial charge in [0.1, 0.15) is 11.5 Å². The van der Waals surface area contributed by atoms with Gasteiger partial charge in [-0.1, -0.05) is 6.07 Å². The SMILES string of the molecule is O=C(O)CC[C@@H]1CCCCN1C(=O)c1cc2c(F)cccc2[nH]1. The lowest BCUT2D eigenvalue weighted by molar-refractivity contribution is -0.137. The zero-order valence-corrected chi connectivity index (χ0v) is 12.7. The van der Waals surface area contributed by atoms with Crippen LogP contribution >= 0.6 is 0 Å². The van der Waals surface area contributed by atoms with E-state index in [1.807, 2.05) is 0 Å². The lowest BCUT2D eigenvalue weighted by Gasteiger charge is -2.35. The third-order valence-corrected chi connectivity index (χ3v) is 4.42. The molecule has 2 N–H and O–H groups in total. The fourth-order valence-electron chi connectivity index (χ4n) is 3.25. The number of benzene rings is 1. The Labute approximate surface area is 133 Å². The van der Waals surface area contributed by atoms with E-state index >= 15 is 0 Å². The number of fused-ring (bicyclic) bond motifs is 1. The Morgan fingerprint density at radius 1 is 1.35 bits per heavy atom. The highest BCUT2D eigenvalue weighted by atomic mass is 19.1. The van der Waals surface area contributed by atoms with Crippen molar-refractivity contribution < 1.29 is 19.1 Å². The standard InChI is InChI=1S/C17H19FN2O3/c18-13-5-3-6-14-12(13)10-15(19-14)17(23)20-9-2-1-4-11(20)7-8-16(21)22/h3,5-6,10-11,19H,1-2,4,7-9H2,(H,21,22)/t11-/m0/s1. The van der Waals surface area contributed by atoms with Gasteiger partial charge >= 0.3 is 5.97 Å². The Morgan fingerprint density at radius 3 is 2.91 bits per heavy atom. The van der Waals surface area contributed by atoms with Crippen LogP contribution < -0.4 is 0 Å². The van der Waals surface area contributed by atoms with Crippen LogP contribution in [0, 0.1) is 5.82 Å². The van der Waals surface area contributed by atoms with Crippen molar-refractivity contribution in [1.82, 2.24) is 9.88 Å². The first kappa shape index (κ1) is 15.5. The molecular formula is C17H19FN2O3. The van der Waals surface area contributed by atoms with Crippen molar-refractivity contribution in [1.29, 1.82) is 0 Å². The number of amides is 1. The Kier molecular flexibility index (Phi) is 4.32. The predicted molar refractivity (Wildman–Crippen MR) is 83.8 cm³/mol. The minimum atomic E-state index is -0.851. The molecule has 1 fully saturated rings. The molecule has 1 aliphatic rings. The molecule has 1 aromatic heterocycles. The normalized spacial score (nSPS) is 18.3.